The number of aromatic nitrogens is 3. The smallest absolute Gasteiger partial charge is 0.269 e. The highest BCUT2D eigenvalue weighted by Crippen LogP contribution is 2.29. The van der Waals surface area contributed by atoms with Crippen LogP contribution in [0.1, 0.15) is 23.7 Å². The largest absolute Gasteiger partial charge is 0.338 e. The monoisotopic (exact) mass is 419 g/mol. The van der Waals surface area contributed by atoms with E-state index in [9.17, 15) is 9.59 Å². The summed E-state index contributed by atoms with van der Waals surface area (Å²) < 4.78 is 0.443. The van der Waals surface area contributed by atoms with Crippen molar-refractivity contribution in [2.45, 2.75) is 13.3 Å². The maximum Gasteiger partial charge on any atom is 0.269 e. The average Bonchev–Trinajstić information content (AvgIpc) is 3.42. The van der Waals surface area contributed by atoms with Crippen LogP contribution in [0.4, 0.5) is 0 Å². The number of pyridine rings is 1. The molecule has 3 aromatic heterocycles. The molecule has 1 fully saturated rings. The van der Waals surface area contributed by atoms with Crippen LogP contribution < -0.4 is 5.56 Å². The van der Waals surface area contributed by atoms with Gasteiger partial charge in [0.2, 0.25) is 0 Å². The summed E-state index contributed by atoms with van der Waals surface area (Å²) in [5, 5.41) is 1.72. The molecular weight excluding hydrogens is 398 g/mol. The molecular formula is C22H21N5O2S. The molecule has 152 valence electrons. The minimum atomic E-state index is -0.265. The molecule has 1 aliphatic heterocycles. The van der Waals surface area contributed by atoms with E-state index < -0.39 is 0 Å². The second-order valence-corrected chi connectivity index (χ2v) is 7.87. The number of rotatable bonds is 5. The number of fused-ring (bicyclic) bond motifs is 1. The number of nitrogens with zero attached hydrogens (tertiary/aromatic N) is 4. The molecule has 3 aromatic rings. The van der Waals surface area contributed by atoms with Crippen molar-refractivity contribution in [3.8, 4) is 11.5 Å². The Morgan fingerprint density at radius 1 is 1.43 bits per heavy atom. The summed E-state index contributed by atoms with van der Waals surface area (Å²) in [7, 11) is 0. The van der Waals surface area contributed by atoms with Gasteiger partial charge in [-0.1, -0.05) is 12.6 Å². The Kier molecular flexibility index (Phi) is 5.67. The predicted octanol–water partition coefficient (Wildman–Crippen LogP) is 3.67. The third-order valence-electron chi connectivity index (χ3n) is 5.09. The van der Waals surface area contributed by atoms with Gasteiger partial charge in [0.15, 0.2) is 5.82 Å². The lowest BCUT2D eigenvalue weighted by Gasteiger charge is -2.16. The number of likely N-dealkylation sites (tertiary alicyclic amines) is 1. The van der Waals surface area contributed by atoms with Gasteiger partial charge in [0.25, 0.3) is 11.5 Å². The molecule has 0 spiro atoms. The first-order valence-electron chi connectivity index (χ1n) is 9.63. The fourth-order valence-electron chi connectivity index (χ4n) is 3.48. The van der Waals surface area contributed by atoms with E-state index in [0.29, 0.717) is 40.4 Å². The zero-order valence-corrected chi connectivity index (χ0v) is 17.4. The highest BCUT2D eigenvalue weighted by atomic mass is 32.1. The molecule has 0 saturated carbocycles. The highest BCUT2D eigenvalue weighted by molar-refractivity contribution is 7.17. The fraction of sp³-hybridized carbons (Fsp3) is 0.227. The number of hydrogen-bond donors (Lipinski definition) is 1. The number of aliphatic imine (C=N–C) groups is 1. The molecule has 0 aromatic carbocycles. The Bertz CT molecular complexity index is 1210. The molecule has 1 saturated heterocycles. The summed E-state index contributed by atoms with van der Waals surface area (Å²) in [5.41, 5.74) is 2.13. The normalized spacial score (nSPS) is 16.8. The van der Waals surface area contributed by atoms with Crippen molar-refractivity contribution in [1.82, 2.24) is 19.9 Å². The number of carbonyl (C=O) groups is 1. The second kappa shape index (κ2) is 8.54. The lowest BCUT2D eigenvalue weighted by atomic mass is 10.00. The summed E-state index contributed by atoms with van der Waals surface area (Å²) in [6.45, 7) is 7.19. The fourth-order valence-corrected chi connectivity index (χ4v) is 4.36. The molecule has 1 unspecified atom stereocenters. The van der Waals surface area contributed by atoms with Crippen LogP contribution >= 0.6 is 11.3 Å². The predicted molar refractivity (Wildman–Crippen MR) is 120 cm³/mol. The molecule has 4 heterocycles. The maximum atomic E-state index is 13.2. The van der Waals surface area contributed by atoms with Crippen molar-refractivity contribution in [2.24, 2.45) is 10.9 Å². The molecule has 1 amide bonds. The van der Waals surface area contributed by atoms with Gasteiger partial charge in [0, 0.05) is 43.0 Å². The number of amides is 1. The quantitative estimate of drug-likeness (QED) is 0.505. The number of hydrogen-bond acceptors (Lipinski definition) is 6. The van der Waals surface area contributed by atoms with Gasteiger partial charge < -0.3 is 9.88 Å². The summed E-state index contributed by atoms with van der Waals surface area (Å²) in [6, 6.07) is 5.38. The van der Waals surface area contributed by atoms with Gasteiger partial charge in [0.1, 0.15) is 15.9 Å². The van der Waals surface area contributed by atoms with Crippen molar-refractivity contribution in [1.29, 1.82) is 0 Å². The Balaban J connectivity index is 1.61. The van der Waals surface area contributed by atoms with Crippen molar-refractivity contribution < 1.29 is 4.79 Å². The van der Waals surface area contributed by atoms with Crippen molar-refractivity contribution >= 4 is 33.7 Å². The molecule has 1 atom stereocenters. The summed E-state index contributed by atoms with van der Waals surface area (Å²) >= 11 is 1.23. The van der Waals surface area contributed by atoms with Gasteiger partial charge in [-0.2, -0.15) is 0 Å². The van der Waals surface area contributed by atoms with E-state index in [2.05, 4.69) is 26.5 Å². The minimum Gasteiger partial charge on any atom is -0.338 e. The van der Waals surface area contributed by atoms with Crippen LogP contribution in [0.5, 0.6) is 0 Å². The van der Waals surface area contributed by atoms with Crippen molar-refractivity contribution in [3.05, 3.63) is 70.1 Å². The lowest BCUT2D eigenvalue weighted by Crippen LogP contribution is -2.28. The summed E-state index contributed by atoms with van der Waals surface area (Å²) in [4.78, 5) is 43.2. The molecule has 0 aliphatic carbocycles. The van der Waals surface area contributed by atoms with Gasteiger partial charge >= 0.3 is 0 Å². The Hall–Kier alpha value is -3.39. The third kappa shape index (κ3) is 3.86. The van der Waals surface area contributed by atoms with E-state index >= 15 is 0 Å². The van der Waals surface area contributed by atoms with Gasteiger partial charge in [-0.05, 0) is 37.1 Å². The van der Waals surface area contributed by atoms with E-state index in [0.717, 1.165) is 12.0 Å². The van der Waals surface area contributed by atoms with Crippen LogP contribution in [-0.4, -0.2) is 45.1 Å². The Morgan fingerprint density at radius 2 is 2.30 bits per heavy atom. The number of aromatic amines is 1. The van der Waals surface area contributed by atoms with Gasteiger partial charge in [0.05, 0.1) is 5.56 Å². The van der Waals surface area contributed by atoms with Crippen molar-refractivity contribution in [2.75, 3.05) is 13.1 Å². The maximum absolute atomic E-state index is 13.2. The van der Waals surface area contributed by atoms with Gasteiger partial charge in [-0.3, -0.25) is 19.6 Å². The van der Waals surface area contributed by atoms with Crippen LogP contribution in [0.3, 0.4) is 0 Å². The standard InChI is InChI=1S/C22H21N5O2S/c1-3-23-10-7-14(2)15-8-11-27(12-15)22(29)16-13-30-19-18(16)25-20(26-21(19)28)17-6-4-5-9-24-17/h3-7,9-10,13,15H,2,8,11-12H2,1H3,(H,25,26,28)/b10-7-,23-3?. The zero-order chi connectivity index (χ0) is 21.1. The molecule has 4 rings (SSSR count). The summed E-state index contributed by atoms with van der Waals surface area (Å²) in [6.07, 6.45) is 7.80. The van der Waals surface area contributed by atoms with Crippen LogP contribution in [0, 0.1) is 5.92 Å². The topological polar surface area (TPSA) is 91.3 Å². The van der Waals surface area contributed by atoms with E-state index in [-0.39, 0.29) is 17.4 Å². The first-order valence-corrected chi connectivity index (χ1v) is 10.5. The van der Waals surface area contributed by atoms with Crippen LogP contribution in [0.15, 0.2) is 64.0 Å². The minimum absolute atomic E-state index is 0.114. The number of nitrogens with one attached hydrogen (secondary N) is 1. The van der Waals surface area contributed by atoms with E-state index in [4.69, 9.17) is 0 Å². The molecule has 0 bridgehead atoms. The first-order chi connectivity index (χ1) is 14.6. The summed E-state index contributed by atoms with van der Waals surface area (Å²) in [5.74, 6) is 0.439. The van der Waals surface area contributed by atoms with E-state index in [1.165, 1.54) is 11.3 Å². The Labute approximate surface area is 177 Å². The zero-order valence-electron chi connectivity index (χ0n) is 16.5. The number of carbonyl (C=O) groups excluding carboxylic acids is 1. The van der Waals surface area contributed by atoms with E-state index in [1.54, 1.807) is 41.0 Å². The average molecular weight is 420 g/mol. The number of H-pyrrole nitrogens is 1. The first kappa shape index (κ1) is 19.9. The molecule has 1 aliphatic rings. The molecule has 1 N–H and O–H groups in total. The van der Waals surface area contributed by atoms with E-state index in [1.807, 2.05) is 19.1 Å². The van der Waals surface area contributed by atoms with Gasteiger partial charge in [-0.15, -0.1) is 11.3 Å². The van der Waals surface area contributed by atoms with Crippen LogP contribution in [0.25, 0.3) is 21.7 Å². The number of thiophene rings is 1. The second-order valence-electron chi connectivity index (χ2n) is 6.99. The Morgan fingerprint density at radius 3 is 3.07 bits per heavy atom. The molecule has 0 radical (unpaired) electrons. The van der Waals surface area contributed by atoms with Crippen LogP contribution in [0.2, 0.25) is 0 Å². The molecule has 8 heteroatoms. The van der Waals surface area contributed by atoms with Crippen molar-refractivity contribution in [3.63, 3.8) is 0 Å². The van der Waals surface area contributed by atoms with Gasteiger partial charge in [-0.25, -0.2) is 4.98 Å². The molecule has 30 heavy (non-hydrogen) atoms. The third-order valence-corrected chi connectivity index (χ3v) is 6.06. The highest BCUT2D eigenvalue weighted by Gasteiger charge is 2.30. The molecule has 7 nitrogen and oxygen atoms in total. The number of allylic oxidation sites excluding steroid dienone is 1. The SMILES string of the molecule is C=C(/C=C\N=CC)C1CCN(C(=O)c2csc3c(=O)[nH]c(-c4ccccn4)nc23)C1. The lowest BCUT2D eigenvalue weighted by molar-refractivity contribution is 0.0791. The van der Waals surface area contributed by atoms with Crippen LogP contribution in [-0.2, 0) is 0 Å².